The van der Waals surface area contributed by atoms with Gasteiger partial charge < -0.3 is 15.1 Å². The van der Waals surface area contributed by atoms with E-state index in [0.29, 0.717) is 42.1 Å². The van der Waals surface area contributed by atoms with Crippen molar-refractivity contribution >= 4 is 17.6 Å². The van der Waals surface area contributed by atoms with Crippen molar-refractivity contribution in [1.82, 2.24) is 20.1 Å². The van der Waals surface area contributed by atoms with Crippen LogP contribution in [-0.4, -0.2) is 78.5 Å². The maximum atomic E-state index is 13.0. The lowest BCUT2D eigenvalue weighted by Gasteiger charge is -2.39. The molecule has 2 bridgehead atoms. The van der Waals surface area contributed by atoms with E-state index in [-0.39, 0.29) is 17.2 Å². The summed E-state index contributed by atoms with van der Waals surface area (Å²) in [5.41, 5.74) is 2.43. The van der Waals surface area contributed by atoms with Gasteiger partial charge in [0.25, 0.3) is 11.8 Å². The largest absolute Gasteiger partial charge is 0.353 e. The molecular weight excluding hydrogens is 462 g/mol. The minimum Gasteiger partial charge on any atom is -0.353 e. The zero-order valence-electron chi connectivity index (χ0n) is 22.4. The van der Waals surface area contributed by atoms with Crippen molar-refractivity contribution in [2.24, 2.45) is 17.8 Å². The molecule has 0 spiro atoms. The number of likely N-dealkylation sites (tertiary alicyclic amines) is 1. The number of piperazine rings is 1. The summed E-state index contributed by atoms with van der Waals surface area (Å²) in [4.78, 5) is 37.3. The highest BCUT2D eigenvalue weighted by Gasteiger charge is 2.56. The molecule has 1 N–H and O–H groups in total. The van der Waals surface area contributed by atoms with Crippen LogP contribution in [0.4, 0.5) is 5.82 Å². The van der Waals surface area contributed by atoms with Gasteiger partial charge in [-0.15, -0.1) is 0 Å². The number of piperidine rings is 1. The number of fused-ring (bicyclic) bond motifs is 3. The summed E-state index contributed by atoms with van der Waals surface area (Å²) in [6.07, 6.45) is 2.47. The number of rotatable bonds is 5. The Hall–Kier alpha value is -2.93. The van der Waals surface area contributed by atoms with E-state index in [1.54, 1.807) is 0 Å². The molecule has 4 fully saturated rings. The van der Waals surface area contributed by atoms with Crippen LogP contribution in [0, 0.1) is 23.8 Å². The van der Waals surface area contributed by atoms with Gasteiger partial charge in [0.05, 0.1) is 0 Å². The number of aromatic nitrogens is 1. The van der Waals surface area contributed by atoms with Crippen LogP contribution in [0.3, 0.4) is 0 Å². The fourth-order valence-electron chi connectivity index (χ4n) is 6.68. The molecule has 3 saturated heterocycles. The number of nitrogens with one attached hydrogen (secondary N) is 1. The lowest BCUT2D eigenvalue weighted by Crippen LogP contribution is -2.52. The van der Waals surface area contributed by atoms with Crippen LogP contribution in [-0.2, 0) is 5.41 Å². The second-order valence-electron chi connectivity index (χ2n) is 12.5. The summed E-state index contributed by atoms with van der Waals surface area (Å²) in [6.45, 7) is 10.6. The molecule has 195 valence electrons. The van der Waals surface area contributed by atoms with Crippen molar-refractivity contribution in [3.05, 3.63) is 59.3 Å². The molecule has 37 heavy (non-hydrogen) atoms. The molecule has 7 heteroatoms. The summed E-state index contributed by atoms with van der Waals surface area (Å²) >= 11 is 0. The summed E-state index contributed by atoms with van der Waals surface area (Å²) in [7, 11) is 2.22. The van der Waals surface area contributed by atoms with Crippen LogP contribution in [0.5, 0.6) is 0 Å². The Kier molecular flexibility index (Phi) is 6.02. The second-order valence-corrected chi connectivity index (χ2v) is 12.5. The van der Waals surface area contributed by atoms with Gasteiger partial charge in [-0.25, -0.2) is 4.98 Å². The van der Waals surface area contributed by atoms with E-state index in [4.69, 9.17) is 0 Å². The van der Waals surface area contributed by atoms with Crippen LogP contribution >= 0.6 is 0 Å². The Morgan fingerprint density at radius 1 is 1.00 bits per heavy atom. The maximum absolute atomic E-state index is 13.0. The number of amides is 2. The minimum absolute atomic E-state index is 0.0767. The molecule has 4 unspecified atom stereocenters. The SMILES string of the molecule is CN1C2CCC1CN(c1cc[c]c(C(=O)NCC3C4CN(C(=O)c5ccc(C(C)(C)C)cc5)CC34)n1)C2. The van der Waals surface area contributed by atoms with Crippen molar-refractivity contribution in [1.29, 1.82) is 0 Å². The first-order valence-corrected chi connectivity index (χ1v) is 13.7. The van der Waals surface area contributed by atoms with E-state index in [1.807, 2.05) is 29.2 Å². The van der Waals surface area contributed by atoms with Crippen molar-refractivity contribution < 1.29 is 9.59 Å². The molecule has 4 atom stereocenters. The Morgan fingerprint density at radius 2 is 1.65 bits per heavy atom. The number of benzene rings is 1. The van der Waals surface area contributed by atoms with E-state index in [2.05, 4.69) is 66.1 Å². The fourth-order valence-corrected chi connectivity index (χ4v) is 6.68. The van der Waals surface area contributed by atoms with Crippen molar-refractivity contribution in [3.8, 4) is 0 Å². The predicted octanol–water partition coefficient (Wildman–Crippen LogP) is 3.21. The highest BCUT2D eigenvalue weighted by atomic mass is 16.2. The minimum atomic E-state index is -0.157. The van der Waals surface area contributed by atoms with E-state index < -0.39 is 0 Å². The van der Waals surface area contributed by atoms with Gasteiger partial charge >= 0.3 is 0 Å². The van der Waals surface area contributed by atoms with E-state index >= 15 is 0 Å². The highest BCUT2D eigenvalue weighted by Crippen LogP contribution is 2.51. The van der Waals surface area contributed by atoms with E-state index in [0.717, 1.165) is 37.6 Å². The molecule has 2 amide bonds. The maximum Gasteiger partial charge on any atom is 0.270 e. The van der Waals surface area contributed by atoms with Gasteiger partial charge in [0, 0.05) is 56.4 Å². The van der Waals surface area contributed by atoms with Gasteiger partial charge in [-0.1, -0.05) is 32.9 Å². The number of carbonyl (C=O) groups excluding carboxylic acids is 2. The number of anilines is 1. The summed E-state index contributed by atoms with van der Waals surface area (Å²) in [6, 6.07) is 16.0. The number of hydrogen-bond donors (Lipinski definition) is 1. The molecule has 6 rings (SSSR count). The molecule has 7 nitrogen and oxygen atoms in total. The highest BCUT2D eigenvalue weighted by molar-refractivity contribution is 5.94. The summed E-state index contributed by atoms with van der Waals surface area (Å²) in [5, 5.41) is 3.09. The second kappa shape index (κ2) is 9.12. The van der Waals surface area contributed by atoms with Gasteiger partial charge in [0.2, 0.25) is 0 Å². The van der Waals surface area contributed by atoms with Gasteiger partial charge in [-0.05, 0) is 72.9 Å². The fraction of sp³-hybridized carbons (Fsp3) is 0.567. The third-order valence-electron chi connectivity index (χ3n) is 9.22. The molecule has 4 heterocycles. The molecule has 2 aromatic rings. The molecule has 1 saturated carbocycles. The number of hydrogen-bond acceptors (Lipinski definition) is 5. The Labute approximate surface area is 220 Å². The van der Waals surface area contributed by atoms with Crippen LogP contribution in [0.25, 0.3) is 0 Å². The number of pyridine rings is 1. The normalized spacial score (nSPS) is 28.8. The zero-order chi connectivity index (χ0) is 25.9. The Bertz CT molecular complexity index is 1160. The zero-order valence-corrected chi connectivity index (χ0v) is 22.4. The van der Waals surface area contributed by atoms with E-state index in [9.17, 15) is 9.59 Å². The van der Waals surface area contributed by atoms with Crippen molar-refractivity contribution in [2.75, 3.05) is 44.7 Å². The summed E-state index contributed by atoms with van der Waals surface area (Å²) < 4.78 is 0. The monoisotopic (exact) mass is 500 g/mol. The van der Waals surface area contributed by atoms with Gasteiger partial charge in [0.1, 0.15) is 11.5 Å². The van der Waals surface area contributed by atoms with Gasteiger partial charge in [-0.2, -0.15) is 0 Å². The first kappa shape index (κ1) is 24.4. The first-order chi connectivity index (χ1) is 17.7. The number of nitrogens with zero attached hydrogens (tertiary/aromatic N) is 4. The quantitative estimate of drug-likeness (QED) is 0.683. The molecule has 1 radical (unpaired) electrons. The van der Waals surface area contributed by atoms with E-state index in [1.165, 1.54) is 18.4 Å². The summed E-state index contributed by atoms with van der Waals surface area (Å²) in [5.74, 6) is 2.22. The Morgan fingerprint density at radius 3 is 2.27 bits per heavy atom. The lowest BCUT2D eigenvalue weighted by molar-refractivity contribution is 0.0764. The van der Waals surface area contributed by atoms with Crippen LogP contribution in [0.1, 0.15) is 60.0 Å². The van der Waals surface area contributed by atoms with Crippen LogP contribution in [0.15, 0.2) is 36.4 Å². The molecular formula is C30H38N5O2. The van der Waals surface area contributed by atoms with Crippen molar-refractivity contribution in [3.63, 3.8) is 0 Å². The molecule has 1 aromatic carbocycles. The smallest absolute Gasteiger partial charge is 0.270 e. The third kappa shape index (κ3) is 4.63. The third-order valence-corrected chi connectivity index (χ3v) is 9.22. The number of likely N-dealkylation sites (N-methyl/N-ethyl adjacent to an activating group) is 1. The van der Waals surface area contributed by atoms with Crippen LogP contribution < -0.4 is 10.2 Å². The predicted molar refractivity (Wildman–Crippen MR) is 144 cm³/mol. The average Bonchev–Trinajstić information content (AvgIpc) is 3.27. The van der Waals surface area contributed by atoms with Gasteiger partial charge in [0.15, 0.2) is 0 Å². The topological polar surface area (TPSA) is 68.8 Å². The standard InChI is InChI=1S/C30H38N5O2/c1-30(2,3)20-10-8-19(9-11-20)29(37)35-17-24-23(25(24)18-35)14-31-28(36)26-6-5-7-27(32-26)34-15-21-12-13-22(16-34)33(21)4/h5,7-11,21-25H,12-18H2,1-4H3,(H,31,36). The average molecular weight is 501 g/mol. The molecule has 1 aromatic heterocycles. The van der Waals surface area contributed by atoms with Crippen LogP contribution in [0.2, 0.25) is 0 Å². The lowest BCUT2D eigenvalue weighted by atomic mass is 9.86. The Balaban J connectivity index is 0.996. The number of carbonyl (C=O) groups is 2. The van der Waals surface area contributed by atoms with Gasteiger partial charge in [-0.3, -0.25) is 14.5 Å². The first-order valence-electron chi connectivity index (χ1n) is 13.7. The molecule has 1 aliphatic carbocycles. The van der Waals surface area contributed by atoms with Crippen molar-refractivity contribution in [2.45, 2.75) is 51.1 Å². The molecule has 3 aliphatic heterocycles. The molecule has 4 aliphatic rings.